The van der Waals surface area contributed by atoms with Gasteiger partial charge in [-0.15, -0.1) is 0 Å². The van der Waals surface area contributed by atoms with Crippen molar-refractivity contribution in [2.75, 3.05) is 0 Å². The lowest BCUT2D eigenvalue weighted by molar-refractivity contribution is -0.264. The van der Waals surface area contributed by atoms with Gasteiger partial charge >= 0.3 is 0 Å². The number of hydrogen-bond acceptors (Lipinski definition) is 3. The minimum absolute atomic E-state index is 0.0897. The van der Waals surface area contributed by atoms with Crippen LogP contribution in [0.1, 0.15) is 115 Å². The molecule has 174 valence electrons. The number of hydrogen-bond donors (Lipinski definition) is 3. The summed E-state index contributed by atoms with van der Waals surface area (Å²) < 4.78 is 54.4. The van der Waals surface area contributed by atoms with Gasteiger partial charge in [0.15, 0.2) is 0 Å². The Balaban J connectivity index is 1.47. The second-order valence-electron chi connectivity index (χ2n) is 11.9. The molecular formula is C27H48O3. The van der Waals surface area contributed by atoms with Crippen LogP contribution >= 0.6 is 0 Å². The quantitative estimate of drug-likeness (QED) is 0.539. The van der Waals surface area contributed by atoms with Crippen LogP contribution in [0, 0.1) is 46.3 Å². The second-order valence-corrected chi connectivity index (χ2v) is 11.9. The van der Waals surface area contributed by atoms with E-state index < -0.39 is 42.8 Å². The number of aliphatic hydroxyl groups is 3. The average molecular weight is 428 g/mol. The van der Waals surface area contributed by atoms with Crippen molar-refractivity contribution in [3.63, 3.8) is 0 Å². The van der Waals surface area contributed by atoms with Gasteiger partial charge in [0.05, 0.1) is 17.8 Å². The summed E-state index contributed by atoms with van der Waals surface area (Å²) in [5.74, 6) is -0.631. The first-order chi connectivity index (χ1) is 16.8. The predicted molar refractivity (Wildman–Crippen MR) is 122 cm³/mol. The summed E-state index contributed by atoms with van der Waals surface area (Å²) in [5, 5.41) is 33.2. The molecule has 3 nitrogen and oxygen atoms in total. The molecular weight excluding hydrogens is 372 g/mol. The van der Waals surface area contributed by atoms with Crippen LogP contribution in [-0.4, -0.2) is 33.1 Å². The fraction of sp³-hybridized carbons (Fsp3) is 1.00. The first kappa shape index (κ1) is 15.7. The SMILES string of the molecule is [2H]C([2H])([2H])C([2H])(CCC[C@@H](C)[C@H]1CC[C@H]2[C@@H]3CC(O)C4(O)CC(O)CC[C@]4(C)[C@H]3CC[C@]12C)C([2H])([2H])[2H]. The first-order valence-electron chi connectivity index (χ1n) is 15.9. The van der Waals surface area contributed by atoms with Crippen LogP contribution in [0.2, 0.25) is 0 Å². The third kappa shape index (κ3) is 3.41. The van der Waals surface area contributed by atoms with Crippen LogP contribution in [0.5, 0.6) is 0 Å². The molecule has 4 fully saturated rings. The average Bonchev–Trinajstić information content (AvgIpc) is 3.12. The molecule has 10 atom stereocenters. The fourth-order valence-electron chi connectivity index (χ4n) is 9.04. The smallest absolute Gasteiger partial charge is 0.0985 e. The highest BCUT2D eigenvalue weighted by molar-refractivity contribution is 5.17. The highest BCUT2D eigenvalue weighted by Gasteiger charge is 2.67. The molecule has 3 heteroatoms. The van der Waals surface area contributed by atoms with Crippen molar-refractivity contribution in [2.45, 2.75) is 123 Å². The molecule has 4 saturated carbocycles. The summed E-state index contributed by atoms with van der Waals surface area (Å²) >= 11 is 0. The Bertz CT molecular complexity index is 833. The molecule has 0 bridgehead atoms. The van der Waals surface area contributed by atoms with Crippen LogP contribution < -0.4 is 0 Å². The van der Waals surface area contributed by atoms with Gasteiger partial charge < -0.3 is 15.3 Å². The van der Waals surface area contributed by atoms with Crippen molar-refractivity contribution in [3.05, 3.63) is 0 Å². The minimum atomic E-state index is -2.86. The van der Waals surface area contributed by atoms with Crippen molar-refractivity contribution >= 4 is 0 Å². The van der Waals surface area contributed by atoms with Gasteiger partial charge in [-0.3, -0.25) is 0 Å². The van der Waals surface area contributed by atoms with E-state index in [4.69, 9.17) is 9.60 Å². The normalized spacial score (nSPS) is 56.5. The maximum atomic E-state index is 11.6. The Labute approximate surface area is 194 Å². The lowest BCUT2D eigenvalue weighted by Gasteiger charge is -2.65. The molecule has 0 radical (unpaired) electrons. The van der Waals surface area contributed by atoms with Crippen LogP contribution in [-0.2, 0) is 0 Å². The molecule has 0 aromatic rings. The van der Waals surface area contributed by atoms with E-state index in [0.717, 1.165) is 32.1 Å². The Morgan fingerprint density at radius 3 is 2.53 bits per heavy atom. The standard InChI is InChI=1S/C27H48O3/c1-17(2)7-6-8-18(3)21-9-10-22-20-15-24(29)27(30)16-19(28)11-14-26(27,5)23(20)12-13-25(21,22)4/h17-24,28-30H,6-16H2,1-5H3/t18-,19?,20+,21-,22+,23+,24?,25-,26-,27?/m1/s1/i1D3,2D3,17D. The first-order valence-corrected chi connectivity index (χ1v) is 12.4. The number of fused-ring (bicyclic) bond motifs is 5. The Morgan fingerprint density at radius 2 is 1.80 bits per heavy atom. The number of aliphatic hydroxyl groups excluding tert-OH is 2. The molecule has 4 aliphatic rings. The van der Waals surface area contributed by atoms with Gasteiger partial charge in [0.1, 0.15) is 0 Å². The van der Waals surface area contributed by atoms with E-state index in [9.17, 15) is 15.3 Å². The molecule has 0 amide bonds. The zero-order valence-corrected chi connectivity index (χ0v) is 19.2. The topological polar surface area (TPSA) is 60.7 Å². The summed E-state index contributed by atoms with van der Waals surface area (Å²) in [4.78, 5) is 0. The second kappa shape index (κ2) is 8.03. The Kier molecular flexibility index (Phi) is 4.19. The van der Waals surface area contributed by atoms with Gasteiger partial charge in [0, 0.05) is 21.4 Å². The van der Waals surface area contributed by atoms with E-state index in [1.165, 1.54) is 0 Å². The minimum Gasteiger partial charge on any atom is -0.393 e. The van der Waals surface area contributed by atoms with Gasteiger partial charge in [0.25, 0.3) is 0 Å². The van der Waals surface area contributed by atoms with Gasteiger partial charge in [-0.05, 0) is 85.8 Å². The lowest BCUT2D eigenvalue weighted by Crippen LogP contribution is -2.68. The van der Waals surface area contributed by atoms with Gasteiger partial charge in [-0.2, -0.15) is 0 Å². The number of rotatable bonds is 5. The highest BCUT2D eigenvalue weighted by Crippen LogP contribution is 2.69. The van der Waals surface area contributed by atoms with Crippen molar-refractivity contribution in [1.82, 2.24) is 0 Å². The van der Waals surface area contributed by atoms with Crippen molar-refractivity contribution < 1.29 is 24.9 Å². The Hall–Kier alpha value is -0.120. The van der Waals surface area contributed by atoms with Gasteiger partial charge in [-0.1, -0.05) is 53.7 Å². The predicted octanol–water partition coefficient (Wildman–Crippen LogP) is 5.55. The highest BCUT2D eigenvalue weighted by atomic mass is 16.3. The van der Waals surface area contributed by atoms with Gasteiger partial charge in [0.2, 0.25) is 0 Å². The largest absolute Gasteiger partial charge is 0.393 e. The van der Waals surface area contributed by atoms with Crippen LogP contribution in [0.3, 0.4) is 0 Å². The molecule has 0 aliphatic heterocycles. The molecule has 0 aromatic heterocycles. The molecule has 4 rings (SSSR count). The summed E-state index contributed by atoms with van der Waals surface area (Å²) in [7, 11) is 0. The molecule has 0 aromatic carbocycles. The maximum absolute atomic E-state index is 11.6. The van der Waals surface area contributed by atoms with Crippen molar-refractivity contribution in [3.8, 4) is 0 Å². The van der Waals surface area contributed by atoms with E-state index in [1.807, 2.05) is 0 Å². The van der Waals surface area contributed by atoms with Crippen LogP contribution in [0.25, 0.3) is 0 Å². The Morgan fingerprint density at radius 1 is 1.03 bits per heavy atom. The van der Waals surface area contributed by atoms with E-state index in [0.29, 0.717) is 49.4 Å². The molecule has 3 N–H and O–H groups in total. The maximum Gasteiger partial charge on any atom is 0.0985 e. The monoisotopic (exact) mass is 427 g/mol. The summed E-state index contributed by atoms with van der Waals surface area (Å²) in [6.07, 6.45) is 5.93. The van der Waals surface area contributed by atoms with Crippen LogP contribution in [0.15, 0.2) is 0 Å². The van der Waals surface area contributed by atoms with E-state index in [2.05, 4.69) is 20.8 Å². The van der Waals surface area contributed by atoms with Crippen LogP contribution in [0.4, 0.5) is 0 Å². The third-order valence-electron chi connectivity index (χ3n) is 10.7. The zero-order valence-electron chi connectivity index (χ0n) is 26.2. The van der Waals surface area contributed by atoms with E-state index in [1.54, 1.807) is 0 Å². The molecule has 30 heavy (non-hydrogen) atoms. The lowest BCUT2D eigenvalue weighted by atomic mass is 9.42. The summed E-state index contributed by atoms with van der Waals surface area (Å²) in [6.45, 7) is 0.985. The molecule has 3 unspecified atom stereocenters. The van der Waals surface area contributed by atoms with E-state index >= 15 is 0 Å². The van der Waals surface area contributed by atoms with Gasteiger partial charge in [-0.25, -0.2) is 0 Å². The summed E-state index contributed by atoms with van der Waals surface area (Å²) in [6, 6.07) is 0. The summed E-state index contributed by atoms with van der Waals surface area (Å²) in [5.41, 5.74) is -1.55. The molecule has 0 spiro atoms. The third-order valence-corrected chi connectivity index (χ3v) is 10.7. The van der Waals surface area contributed by atoms with Crippen molar-refractivity contribution in [2.24, 2.45) is 46.3 Å². The molecule has 0 heterocycles. The molecule has 4 aliphatic carbocycles. The zero-order chi connectivity index (χ0) is 27.8. The van der Waals surface area contributed by atoms with Crippen molar-refractivity contribution in [1.29, 1.82) is 0 Å². The fourth-order valence-corrected chi connectivity index (χ4v) is 9.04. The molecule has 0 saturated heterocycles. The van der Waals surface area contributed by atoms with E-state index in [-0.39, 0.29) is 24.2 Å².